The van der Waals surface area contributed by atoms with E-state index in [9.17, 15) is 0 Å². The fraction of sp³-hybridized carbons (Fsp3) is 1.00. The highest BCUT2D eigenvalue weighted by molar-refractivity contribution is 4.77. The maximum Gasteiger partial charge on any atom is 0.0933 e. The Morgan fingerprint density at radius 2 is 1.93 bits per heavy atom. The molecule has 0 aliphatic heterocycles. The van der Waals surface area contributed by atoms with Gasteiger partial charge in [0.15, 0.2) is 0 Å². The normalized spacial score (nSPS) is 14.6. The molecule has 0 amide bonds. The maximum absolute atomic E-state index is 5.82. The highest BCUT2D eigenvalue weighted by atomic mass is 16.5. The van der Waals surface area contributed by atoms with Gasteiger partial charge in [0.25, 0.3) is 0 Å². The first-order chi connectivity index (χ1) is 6.94. The van der Waals surface area contributed by atoms with Gasteiger partial charge in [-0.2, -0.15) is 0 Å². The maximum atomic E-state index is 5.82. The molecule has 0 saturated carbocycles. The first-order valence-corrected chi connectivity index (χ1v) is 5.36. The van der Waals surface area contributed by atoms with Crippen LogP contribution >= 0.6 is 0 Å². The Morgan fingerprint density at radius 1 is 1.33 bits per heavy atom. The number of nitrogens with zero attached hydrogens (tertiary/aromatic N) is 1. The number of rotatable bonds is 8. The Hall–Kier alpha value is -0.160. The second-order valence-corrected chi connectivity index (χ2v) is 4.65. The fourth-order valence-electron chi connectivity index (χ4n) is 1.03. The molecule has 0 bridgehead atoms. The van der Waals surface area contributed by atoms with Crippen LogP contribution in [0.4, 0.5) is 0 Å². The molecule has 0 radical (unpaired) electrons. The summed E-state index contributed by atoms with van der Waals surface area (Å²) in [5.41, 5.74) is 0.0553. The predicted molar refractivity (Wildman–Crippen MR) is 63.3 cm³/mol. The van der Waals surface area contributed by atoms with Crippen LogP contribution in [0.25, 0.3) is 0 Å². The zero-order valence-electron chi connectivity index (χ0n) is 11.0. The molecule has 0 aliphatic rings. The van der Waals surface area contributed by atoms with Crippen LogP contribution in [0.1, 0.15) is 13.8 Å². The Kier molecular flexibility index (Phi) is 7.09. The van der Waals surface area contributed by atoms with Crippen LogP contribution in [0.3, 0.4) is 0 Å². The third kappa shape index (κ3) is 6.10. The first-order valence-electron chi connectivity index (χ1n) is 5.36. The summed E-state index contributed by atoms with van der Waals surface area (Å²) >= 11 is 0. The van der Waals surface area contributed by atoms with E-state index in [0.717, 1.165) is 6.54 Å². The van der Waals surface area contributed by atoms with Crippen molar-refractivity contribution in [1.29, 1.82) is 0 Å². The van der Waals surface area contributed by atoms with Crippen molar-refractivity contribution >= 4 is 0 Å². The van der Waals surface area contributed by atoms with E-state index in [1.54, 1.807) is 7.11 Å². The average Bonchev–Trinajstić information content (AvgIpc) is 2.15. The molecule has 0 aromatic rings. The van der Waals surface area contributed by atoms with Crippen molar-refractivity contribution in [3.8, 4) is 0 Å². The summed E-state index contributed by atoms with van der Waals surface area (Å²) in [7, 11) is 7.74. The summed E-state index contributed by atoms with van der Waals surface area (Å²) in [6.45, 7) is 6.48. The quantitative estimate of drug-likeness (QED) is 0.646. The summed E-state index contributed by atoms with van der Waals surface area (Å²) in [6, 6.07) is 0. The van der Waals surface area contributed by atoms with Gasteiger partial charge >= 0.3 is 0 Å². The fourth-order valence-corrected chi connectivity index (χ4v) is 1.03. The third-order valence-electron chi connectivity index (χ3n) is 2.67. The Morgan fingerprint density at radius 3 is 2.33 bits per heavy atom. The number of hydrogen-bond acceptors (Lipinski definition) is 4. The Bertz CT molecular complexity index is 155. The van der Waals surface area contributed by atoms with E-state index in [2.05, 4.69) is 38.2 Å². The molecule has 92 valence electrons. The monoisotopic (exact) mass is 218 g/mol. The number of nitrogens with one attached hydrogen (secondary N) is 1. The van der Waals surface area contributed by atoms with Gasteiger partial charge in [-0.3, -0.25) is 0 Å². The Labute approximate surface area is 93.9 Å². The van der Waals surface area contributed by atoms with Crippen LogP contribution in [0.15, 0.2) is 0 Å². The standard InChI is InChI=1S/C11H26N2O2/c1-11(2,13(4)5)9-15-10(7-12-3)8-14-6/h10,12H,7-9H2,1-6H3. The Balaban J connectivity index is 3.97. The van der Waals surface area contributed by atoms with E-state index in [4.69, 9.17) is 9.47 Å². The first kappa shape index (κ1) is 14.8. The molecule has 0 spiro atoms. The molecule has 0 fully saturated rings. The summed E-state index contributed by atoms with van der Waals surface area (Å²) in [6.07, 6.45) is 0.124. The molecule has 0 saturated heterocycles. The lowest BCUT2D eigenvalue weighted by molar-refractivity contribution is -0.0406. The predicted octanol–water partition coefficient (Wildman–Crippen LogP) is 0.578. The molecule has 1 N–H and O–H groups in total. The number of ether oxygens (including phenoxy) is 2. The number of likely N-dealkylation sites (N-methyl/N-ethyl adjacent to an activating group) is 2. The van der Waals surface area contributed by atoms with Crippen molar-refractivity contribution < 1.29 is 9.47 Å². The van der Waals surface area contributed by atoms with Gasteiger partial charge in [-0.25, -0.2) is 0 Å². The summed E-state index contributed by atoms with van der Waals surface area (Å²) in [5, 5.41) is 3.10. The molecule has 0 aromatic heterocycles. The van der Waals surface area contributed by atoms with E-state index < -0.39 is 0 Å². The highest BCUT2D eigenvalue weighted by Crippen LogP contribution is 2.11. The van der Waals surface area contributed by atoms with E-state index in [1.807, 2.05) is 7.05 Å². The smallest absolute Gasteiger partial charge is 0.0933 e. The van der Waals surface area contributed by atoms with Crippen molar-refractivity contribution in [3.63, 3.8) is 0 Å². The van der Waals surface area contributed by atoms with Crippen LogP contribution < -0.4 is 5.32 Å². The van der Waals surface area contributed by atoms with Gasteiger partial charge in [-0.1, -0.05) is 0 Å². The minimum atomic E-state index is 0.0553. The van der Waals surface area contributed by atoms with Crippen LogP contribution in [-0.2, 0) is 9.47 Å². The van der Waals surface area contributed by atoms with Crippen LogP contribution in [0.2, 0.25) is 0 Å². The highest BCUT2D eigenvalue weighted by Gasteiger charge is 2.22. The van der Waals surface area contributed by atoms with Gasteiger partial charge < -0.3 is 19.7 Å². The zero-order valence-corrected chi connectivity index (χ0v) is 11.0. The second kappa shape index (κ2) is 7.17. The lowest BCUT2D eigenvalue weighted by atomic mass is 10.1. The van der Waals surface area contributed by atoms with Gasteiger partial charge in [-0.05, 0) is 35.0 Å². The molecule has 0 aromatic carbocycles. The summed E-state index contributed by atoms with van der Waals surface area (Å²) in [5.74, 6) is 0. The molecule has 15 heavy (non-hydrogen) atoms. The van der Waals surface area contributed by atoms with Crippen molar-refractivity contribution in [3.05, 3.63) is 0 Å². The molecule has 1 atom stereocenters. The average molecular weight is 218 g/mol. The van der Waals surface area contributed by atoms with Crippen LogP contribution in [0.5, 0.6) is 0 Å². The van der Waals surface area contributed by atoms with E-state index in [0.29, 0.717) is 13.2 Å². The minimum absolute atomic E-state index is 0.0553. The van der Waals surface area contributed by atoms with Crippen molar-refractivity contribution in [2.75, 3.05) is 48.0 Å². The molecule has 0 rings (SSSR count). The number of hydrogen-bond donors (Lipinski definition) is 1. The molecule has 1 unspecified atom stereocenters. The third-order valence-corrected chi connectivity index (χ3v) is 2.67. The van der Waals surface area contributed by atoms with E-state index >= 15 is 0 Å². The zero-order chi connectivity index (χ0) is 11.9. The van der Waals surface area contributed by atoms with E-state index in [1.165, 1.54) is 0 Å². The molecule has 4 nitrogen and oxygen atoms in total. The largest absolute Gasteiger partial charge is 0.382 e. The van der Waals surface area contributed by atoms with Crippen LogP contribution in [-0.4, -0.2) is 64.6 Å². The van der Waals surface area contributed by atoms with Crippen LogP contribution in [0, 0.1) is 0 Å². The summed E-state index contributed by atoms with van der Waals surface area (Å²) in [4.78, 5) is 2.16. The van der Waals surface area contributed by atoms with Gasteiger partial charge in [-0.15, -0.1) is 0 Å². The molecule has 0 aliphatic carbocycles. The van der Waals surface area contributed by atoms with Gasteiger partial charge in [0, 0.05) is 19.2 Å². The van der Waals surface area contributed by atoms with Crippen molar-refractivity contribution in [1.82, 2.24) is 10.2 Å². The topological polar surface area (TPSA) is 33.7 Å². The van der Waals surface area contributed by atoms with Gasteiger partial charge in [0.2, 0.25) is 0 Å². The van der Waals surface area contributed by atoms with Gasteiger partial charge in [0.05, 0.1) is 19.3 Å². The molecular weight excluding hydrogens is 192 g/mol. The molecule has 0 heterocycles. The van der Waals surface area contributed by atoms with Gasteiger partial charge in [0.1, 0.15) is 0 Å². The van der Waals surface area contributed by atoms with E-state index in [-0.39, 0.29) is 11.6 Å². The summed E-state index contributed by atoms with van der Waals surface area (Å²) < 4.78 is 10.9. The second-order valence-electron chi connectivity index (χ2n) is 4.65. The van der Waals surface area contributed by atoms with Crippen molar-refractivity contribution in [2.45, 2.75) is 25.5 Å². The molecule has 4 heteroatoms. The minimum Gasteiger partial charge on any atom is -0.382 e. The molecular formula is C11H26N2O2. The SMILES string of the molecule is CNCC(COC)OCC(C)(C)N(C)C. The lowest BCUT2D eigenvalue weighted by Gasteiger charge is -2.33. The lowest BCUT2D eigenvalue weighted by Crippen LogP contribution is -2.45. The number of methoxy groups -OCH3 is 1. The van der Waals surface area contributed by atoms with Crippen molar-refractivity contribution in [2.24, 2.45) is 0 Å².